The molecule has 2 N–H and O–H groups in total. The molecule has 0 unspecified atom stereocenters. The second kappa shape index (κ2) is 5.52. The van der Waals surface area contributed by atoms with Crippen molar-refractivity contribution in [2.75, 3.05) is 12.4 Å². The van der Waals surface area contributed by atoms with Crippen LogP contribution in [0.2, 0.25) is 0 Å². The molecular weight excluding hydrogens is 283 g/mol. The van der Waals surface area contributed by atoms with E-state index in [-0.39, 0.29) is 11.6 Å². The molecular formula is C17H15FN2O2. The third-order valence-corrected chi connectivity index (χ3v) is 3.55. The summed E-state index contributed by atoms with van der Waals surface area (Å²) in [6.07, 6.45) is 0. The van der Waals surface area contributed by atoms with Crippen molar-refractivity contribution in [3.05, 3.63) is 59.5 Å². The fraction of sp³-hybridized carbons (Fsp3) is 0.118. The number of rotatable bonds is 3. The van der Waals surface area contributed by atoms with Gasteiger partial charge in [-0.1, -0.05) is 24.3 Å². The summed E-state index contributed by atoms with van der Waals surface area (Å²) in [5.41, 5.74) is 2.09. The monoisotopic (exact) mass is 298 g/mol. The Hall–Kier alpha value is -2.82. The molecule has 5 heteroatoms. The lowest BCUT2D eigenvalue weighted by Crippen LogP contribution is -2.13. The topological polar surface area (TPSA) is 54.1 Å². The van der Waals surface area contributed by atoms with Crippen molar-refractivity contribution in [3.63, 3.8) is 0 Å². The Morgan fingerprint density at radius 1 is 1.18 bits per heavy atom. The number of aromatic nitrogens is 1. The van der Waals surface area contributed by atoms with Gasteiger partial charge in [0.05, 0.1) is 23.9 Å². The zero-order chi connectivity index (χ0) is 15.7. The van der Waals surface area contributed by atoms with E-state index in [1.165, 1.54) is 12.1 Å². The van der Waals surface area contributed by atoms with Gasteiger partial charge >= 0.3 is 0 Å². The number of nitrogens with one attached hydrogen (secondary N) is 2. The number of hydrogen-bond donors (Lipinski definition) is 2. The van der Waals surface area contributed by atoms with Crippen molar-refractivity contribution in [2.45, 2.75) is 6.92 Å². The SMILES string of the molecule is COc1cccc2c(C(=O)Nc3ccccc3F)c(C)[nH]c12. The number of anilines is 1. The highest BCUT2D eigenvalue weighted by atomic mass is 19.1. The lowest BCUT2D eigenvalue weighted by atomic mass is 10.1. The Bertz CT molecular complexity index is 855. The molecule has 0 atom stereocenters. The van der Waals surface area contributed by atoms with Crippen molar-refractivity contribution in [1.29, 1.82) is 0 Å². The van der Waals surface area contributed by atoms with Crippen LogP contribution in [0.1, 0.15) is 16.1 Å². The molecule has 1 heterocycles. The first-order valence-electron chi connectivity index (χ1n) is 6.83. The van der Waals surface area contributed by atoms with Crippen molar-refractivity contribution >= 4 is 22.5 Å². The minimum atomic E-state index is -0.467. The maximum absolute atomic E-state index is 13.7. The lowest BCUT2D eigenvalue weighted by Gasteiger charge is -2.06. The summed E-state index contributed by atoms with van der Waals surface area (Å²) in [5, 5.41) is 3.35. The molecule has 0 fully saturated rings. The average Bonchev–Trinajstić information content (AvgIpc) is 2.85. The van der Waals surface area contributed by atoms with Crippen LogP contribution in [0.5, 0.6) is 5.75 Å². The van der Waals surface area contributed by atoms with E-state index in [1.807, 2.05) is 18.2 Å². The van der Waals surface area contributed by atoms with E-state index in [4.69, 9.17) is 4.74 Å². The fourth-order valence-corrected chi connectivity index (χ4v) is 2.53. The summed E-state index contributed by atoms with van der Waals surface area (Å²) < 4.78 is 19.0. The lowest BCUT2D eigenvalue weighted by molar-refractivity contribution is 0.102. The molecule has 1 aromatic heterocycles. The standard InChI is InChI=1S/C17H15FN2O2/c1-10-15(11-6-5-9-14(22-2)16(11)19-10)17(21)20-13-8-4-3-7-12(13)18/h3-9,19H,1-2H3,(H,20,21). The zero-order valence-electron chi connectivity index (χ0n) is 12.2. The quantitative estimate of drug-likeness (QED) is 0.771. The Morgan fingerprint density at radius 3 is 2.68 bits per heavy atom. The van der Waals surface area contributed by atoms with Crippen molar-refractivity contribution in [1.82, 2.24) is 4.98 Å². The maximum Gasteiger partial charge on any atom is 0.258 e. The molecule has 2 aromatic carbocycles. The Balaban J connectivity index is 2.05. The van der Waals surface area contributed by atoms with E-state index < -0.39 is 5.82 Å². The van der Waals surface area contributed by atoms with Gasteiger partial charge in [-0.3, -0.25) is 4.79 Å². The Labute approximate surface area is 126 Å². The van der Waals surface area contributed by atoms with Crippen LogP contribution < -0.4 is 10.1 Å². The molecule has 0 saturated heterocycles. The molecule has 0 bridgehead atoms. The number of carbonyl (C=O) groups is 1. The molecule has 3 rings (SSSR count). The van der Waals surface area contributed by atoms with Gasteiger partial charge in [0, 0.05) is 11.1 Å². The molecule has 4 nitrogen and oxygen atoms in total. The van der Waals surface area contributed by atoms with Gasteiger partial charge in [-0.15, -0.1) is 0 Å². The average molecular weight is 298 g/mol. The minimum Gasteiger partial charge on any atom is -0.495 e. The first-order chi connectivity index (χ1) is 10.6. The molecule has 0 aliphatic carbocycles. The first-order valence-corrected chi connectivity index (χ1v) is 6.83. The van der Waals surface area contributed by atoms with E-state index in [1.54, 1.807) is 26.2 Å². The number of aromatic amines is 1. The Kier molecular flexibility index (Phi) is 3.55. The van der Waals surface area contributed by atoms with Gasteiger partial charge in [0.25, 0.3) is 5.91 Å². The molecule has 0 aliphatic rings. The van der Waals surface area contributed by atoms with Crippen molar-refractivity contribution in [2.24, 2.45) is 0 Å². The molecule has 0 aliphatic heterocycles. The van der Waals surface area contributed by atoms with Crippen LogP contribution >= 0.6 is 0 Å². The number of methoxy groups -OCH3 is 1. The van der Waals surface area contributed by atoms with Crippen LogP contribution in [0.25, 0.3) is 10.9 Å². The molecule has 112 valence electrons. The third-order valence-electron chi connectivity index (χ3n) is 3.55. The van der Waals surface area contributed by atoms with Gasteiger partial charge < -0.3 is 15.0 Å². The first kappa shape index (κ1) is 14.1. The number of aryl methyl sites for hydroxylation is 1. The number of amides is 1. The fourth-order valence-electron chi connectivity index (χ4n) is 2.53. The molecule has 22 heavy (non-hydrogen) atoms. The van der Waals surface area contributed by atoms with Crippen LogP contribution in [0.4, 0.5) is 10.1 Å². The number of fused-ring (bicyclic) bond motifs is 1. The number of halogens is 1. The van der Waals surface area contributed by atoms with Gasteiger partial charge in [0.15, 0.2) is 0 Å². The smallest absolute Gasteiger partial charge is 0.258 e. The van der Waals surface area contributed by atoms with E-state index in [9.17, 15) is 9.18 Å². The predicted octanol–water partition coefficient (Wildman–Crippen LogP) is 3.88. The Morgan fingerprint density at radius 2 is 1.95 bits per heavy atom. The van der Waals surface area contributed by atoms with Gasteiger partial charge in [-0.2, -0.15) is 0 Å². The zero-order valence-corrected chi connectivity index (χ0v) is 12.2. The van der Waals surface area contributed by atoms with E-state index in [0.29, 0.717) is 17.0 Å². The van der Waals surface area contributed by atoms with Crippen LogP contribution in [0, 0.1) is 12.7 Å². The maximum atomic E-state index is 13.7. The second-order valence-electron chi connectivity index (χ2n) is 4.94. The molecule has 0 spiro atoms. The van der Waals surface area contributed by atoms with Crippen molar-refractivity contribution in [3.8, 4) is 5.75 Å². The molecule has 0 saturated carbocycles. The minimum absolute atomic E-state index is 0.157. The highest BCUT2D eigenvalue weighted by molar-refractivity contribution is 6.14. The van der Waals surface area contributed by atoms with Gasteiger partial charge in [-0.05, 0) is 25.1 Å². The third kappa shape index (κ3) is 2.30. The van der Waals surface area contributed by atoms with E-state index >= 15 is 0 Å². The summed E-state index contributed by atoms with van der Waals surface area (Å²) in [6, 6.07) is 11.5. The number of para-hydroxylation sites is 2. The highest BCUT2D eigenvalue weighted by Crippen LogP contribution is 2.30. The molecule has 3 aromatic rings. The summed E-state index contributed by atoms with van der Waals surface area (Å²) in [5.74, 6) is -0.168. The molecule has 1 amide bonds. The van der Waals surface area contributed by atoms with Gasteiger partial charge in [0.2, 0.25) is 0 Å². The number of ether oxygens (including phenoxy) is 1. The number of hydrogen-bond acceptors (Lipinski definition) is 2. The molecule has 0 radical (unpaired) electrons. The summed E-state index contributed by atoms with van der Waals surface area (Å²) in [7, 11) is 1.57. The summed E-state index contributed by atoms with van der Waals surface area (Å²) in [6.45, 7) is 1.80. The summed E-state index contributed by atoms with van der Waals surface area (Å²) in [4.78, 5) is 15.7. The predicted molar refractivity (Wildman–Crippen MR) is 83.9 cm³/mol. The highest BCUT2D eigenvalue weighted by Gasteiger charge is 2.18. The van der Waals surface area contributed by atoms with Gasteiger partial charge in [-0.25, -0.2) is 4.39 Å². The number of benzene rings is 2. The number of carbonyl (C=O) groups excluding carboxylic acids is 1. The van der Waals surface area contributed by atoms with Crippen LogP contribution in [-0.4, -0.2) is 18.0 Å². The van der Waals surface area contributed by atoms with Crippen LogP contribution in [0.15, 0.2) is 42.5 Å². The van der Waals surface area contributed by atoms with Crippen LogP contribution in [0.3, 0.4) is 0 Å². The summed E-state index contributed by atoms with van der Waals surface area (Å²) >= 11 is 0. The normalized spacial score (nSPS) is 10.7. The van der Waals surface area contributed by atoms with Crippen molar-refractivity contribution < 1.29 is 13.9 Å². The van der Waals surface area contributed by atoms with Crippen LogP contribution in [-0.2, 0) is 0 Å². The number of H-pyrrole nitrogens is 1. The largest absolute Gasteiger partial charge is 0.495 e. The van der Waals surface area contributed by atoms with E-state index in [0.717, 1.165) is 10.9 Å². The van der Waals surface area contributed by atoms with Gasteiger partial charge in [0.1, 0.15) is 11.6 Å². The second-order valence-corrected chi connectivity index (χ2v) is 4.94. The van der Waals surface area contributed by atoms with E-state index in [2.05, 4.69) is 10.3 Å².